The standard InChI is InChI=1S/C9H14N2/c1-7-5-4-6-9(8(7)2)11(3)10/h4-6H,10H2,1-3H3. The van der Waals surface area contributed by atoms with Crippen LogP contribution in [-0.2, 0) is 0 Å². The summed E-state index contributed by atoms with van der Waals surface area (Å²) >= 11 is 0. The third kappa shape index (κ3) is 1.52. The van der Waals surface area contributed by atoms with Crippen LogP contribution in [0.3, 0.4) is 0 Å². The average molecular weight is 150 g/mol. The summed E-state index contributed by atoms with van der Waals surface area (Å²) in [6.45, 7) is 4.16. The molecule has 2 nitrogen and oxygen atoms in total. The summed E-state index contributed by atoms with van der Waals surface area (Å²) in [4.78, 5) is 0. The minimum Gasteiger partial charge on any atom is -0.314 e. The fourth-order valence-corrected chi connectivity index (χ4v) is 1.12. The number of aryl methyl sites for hydroxylation is 1. The van der Waals surface area contributed by atoms with Gasteiger partial charge in [0, 0.05) is 7.05 Å². The smallest absolute Gasteiger partial charge is 0.0545 e. The molecule has 0 fully saturated rings. The van der Waals surface area contributed by atoms with Crippen LogP contribution in [0.5, 0.6) is 0 Å². The molecule has 0 saturated heterocycles. The number of hydrogen-bond acceptors (Lipinski definition) is 2. The van der Waals surface area contributed by atoms with Gasteiger partial charge in [-0.05, 0) is 31.0 Å². The Labute approximate surface area is 67.6 Å². The molecule has 1 aromatic rings. The molecule has 2 N–H and O–H groups in total. The largest absolute Gasteiger partial charge is 0.314 e. The fourth-order valence-electron chi connectivity index (χ4n) is 1.12. The van der Waals surface area contributed by atoms with E-state index in [4.69, 9.17) is 5.84 Å². The molecule has 0 bridgehead atoms. The predicted octanol–water partition coefficient (Wildman–Crippen LogP) is 1.61. The molecule has 0 spiro atoms. The Bertz CT molecular complexity index is 254. The molecule has 1 rings (SSSR count). The molecule has 0 heterocycles. The number of nitrogens with two attached hydrogens (primary N) is 1. The summed E-state index contributed by atoms with van der Waals surface area (Å²) in [6.07, 6.45) is 0. The van der Waals surface area contributed by atoms with Crippen molar-refractivity contribution in [2.45, 2.75) is 13.8 Å². The van der Waals surface area contributed by atoms with Crippen molar-refractivity contribution in [3.8, 4) is 0 Å². The van der Waals surface area contributed by atoms with Gasteiger partial charge < -0.3 is 5.01 Å². The monoisotopic (exact) mass is 150 g/mol. The van der Waals surface area contributed by atoms with Crippen LogP contribution >= 0.6 is 0 Å². The van der Waals surface area contributed by atoms with Crippen LogP contribution in [0.25, 0.3) is 0 Å². The highest BCUT2D eigenvalue weighted by Crippen LogP contribution is 2.18. The highest BCUT2D eigenvalue weighted by molar-refractivity contribution is 5.54. The van der Waals surface area contributed by atoms with E-state index in [1.165, 1.54) is 11.1 Å². The zero-order valence-corrected chi connectivity index (χ0v) is 7.26. The van der Waals surface area contributed by atoms with E-state index in [1.54, 1.807) is 5.01 Å². The van der Waals surface area contributed by atoms with Crippen molar-refractivity contribution in [1.29, 1.82) is 0 Å². The zero-order chi connectivity index (χ0) is 8.43. The normalized spacial score (nSPS) is 9.82. The van der Waals surface area contributed by atoms with Gasteiger partial charge in [0.1, 0.15) is 0 Å². The molecule has 0 saturated carbocycles. The summed E-state index contributed by atoms with van der Waals surface area (Å²) in [7, 11) is 1.85. The Kier molecular flexibility index (Phi) is 2.15. The average Bonchev–Trinajstić information content (AvgIpc) is 1.94. The van der Waals surface area contributed by atoms with Crippen LogP contribution in [0.1, 0.15) is 11.1 Å². The molecular weight excluding hydrogens is 136 g/mol. The first kappa shape index (κ1) is 8.08. The molecule has 60 valence electrons. The van der Waals surface area contributed by atoms with Crippen molar-refractivity contribution in [1.82, 2.24) is 0 Å². The Morgan fingerprint density at radius 1 is 1.27 bits per heavy atom. The van der Waals surface area contributed by atoms with Gasteiger partial charge in [-0.1, -0.05) is 12.1 Å². The lowest BCUT2D eigenvalue weighted by molar-refractivity contribution is 1.00. The summed E-state index contributed by atoms with van der Waals surface area (Å²) < 4.78 is 0. The number of benzene rings is 1. The molecule has 0 aliphatic heterocycles. The van der Waals surface area contributed by atoms with Crippen molar-refractivity contribution in [2.24, 2.45) is 5.84 Å². The van der Waals surface area contributed by atoms with Gasteiger partial charge in [0.15, 0.2) is 0 Å². The van der Waals surface area contributed by atoms with E-state index in [0.717, 1.165) is 5.69 Å². The molecule has 0 aromatic heterocycles. The van der Waals surface area contributed by atoms with E-state index in [-0.39, 0.29) is 0 Å². The minimum absolute atomic E-state index is 1.09. The molecule has 0 unspecified atom stereocenters. The summed E-state index contributed by atoms with van der Waals surface area (Å²) in [5.41, 5.74) is 3.61. The first-order chi connectivity index (χ1) is 5.13. The van der Waals surface area contributed by atoms with Crippen LogP contribution in [0.4, 0.5) is 5.69 Å². The number of hydrazine groups is 1. The Hall–Kier alpha value is -1.02. The molecule has 0 amide bonds. The lowest BCUT2D eigenvalue weighted by Crippen LogP contribution is -2.25. The third-order valence-electron chi connectivity index (χ3n) is 1.96. The van der Waals surface area contributed by atoms with Gasteiger partial charge in [-0.25, -0.2) is 5.84 Å². The molecule has 2 heteroatoms. The van der Waals surface area contributed by atoms with Crippen molar-refractivity contribution < 1.29 is 0 Å². The first-order valence-corrected chi connectivity index (χ1v) is 3.67. The minimum atomic E-state index is 1.09. The second-order valence-electron chi connectivity index (χ2n) is 2.83. The Morgan fingerprint density at radius 2 is 1.91 bits per heavy atom. The van der Waals surface area contributed by atoms with E-state index >= 15 is 0 Å². The highest BCUT2D eigenvalue weighted by atomic mass is 15.4. The molecule has 0 aliphatic carbocycles. The van der Waals surface area contributed by atoms with Crippen LogP contribution in [0, 0.1) is 13.8 Å². The SMILES string of the molecule is Cc1cccc(N(C)N)c1C. The van der Waals surface area contributed by atoms with E-state index < -0.39 is 0 Å². The molecule has 0 radical (unpaired) electrons. The fraction of sp³-hybridized carbons (Fsp3) is 0.333. The second-order valence-corrected chi connectivity index (χ2v) is 2.83. The van der Waals surface area contributed by atoms with Crippen LogP contribution in [0.2, 0.25) is 0 Å². The van der Waals surface area contributed by atoms with Gasteiger partial charge in [0.2, 0.25) is 0 Å². The molecule has 11 heavy (non-hydrogen) atoms. The second kappa shape index (κ2) is 2.93. The predicted molar refractivity (Wildman–Crippen MR) is 48.5 cm³/mol. The van der Waals surface area contributed by atoms with Gasteiger partial charge in [0.25, 0.3) is 0 Å². The maximum atomic E-state index is 5.62. The van der Waals surface area contributed by atoms with Crippen molar-refractivity contribution in [3.63, 3.8) is 0 Å². The molecule has 0 aliphatic rings. The lowest BCUT2D eigenvalue weighted by atomic mass is 10.1. The maximum Gasteiger partial charge on any atom is 0.0545 e. The van der Waals surface area contributed by atoms with Crippen LogP contribution in [0.15, 0.2) is 18.2 Å². The Morgan fingerprint density at radius 3 is 2.36 bits per heavy atom. The Balaban J connectivity index is 3.17. The van der Waals surface area contributed by atoms with Gasteiger partial charge in [-0.15, -0.1) is 0 Å². The summed E-state index contributed by atoms with van der Waals surface area (Å²) in [6, 6.07) is 6.12. The zero-order valence-electron chi connectivity index (χ0n) is 7.26. The molecule has 0 atom stereocenters. The summed E-state index contributed by atoms with van der Waals surface area (Å²) in [5, 5.41) is 1.64. The maximum absolute atomic E-state index is 5.62. The van der Waals surface area contributed by atoms with E-state index in [0.29, 0.717) is 0 Å². The van der Waals surface area contributed by atoms with Gasteiger partial charge in [-0.2, -0.15) is 0 Å². The van der Waals surface area contributed by atoms with Crippen molar-refractivity contribution >= 4 is 5.69 Å². The quantitative estimate of drug-likeness (QED) is 0.487. The van der Waals surface area contributed by atoms with Crippen LogP contribution < -0.4 is 10.9 Å². The first-order valence-electron chi connectivity index (χ1n) is 3.67. The van der Waals surface area contributed by atoms with Crippen molar-refractivity contribution in [3.05, 3.63) is 29.3 Å². The number of nitrogens with zero attached hydrogens (tertiary/aromatic N) is 1. The number of rotatable bonds is 1. The van der Waals surface area contributed by atoms with E-state index in [2.05, 4.69) is 19.9 Å². The molecular formula is C9H14N2. The number of hydrogen-bond donors (Lipinski definition) is 1. The number of anilines is 1. The van der Waals surface area contributed by atoms with Gasteiger partial charge >= 0.3 is 0 Å². The van der Waals surface area contributed by atoms with Crippen molar-refractivity contribution in [2.75, 3.05) is 12.1 Å². The highest BCUT2D eigenvalue weighted by Gasteiger charge is 2.00. The van der Waals surface area contributed by atoms with Crippen LogP contribution in [-0.4, -0.2) is 7.05 Å². The van der Waals surface area contributed by atoms with E-state index in [1.807, 2.05) is 19.2 Å². The van der Waals surface area contributed by atoms with E-state index in [9.17, 15) is 0 Å². The summed E-state index contributed by atoms with van der Waals surface area (Å²) in [5.74, 6) is 5.62. The topological polar surface area (TPSA) is 29.3 Å². The third-order valence-corrected chi connectivity index (χ3v) is 1.96. The van der Waals surface area contributed by atoms with Gasteiger partial charge in [0.05, 0.1) is 5.69 Å². The molecule has 1 aromatic carbocycles. The van der Waals surface area contributed by atoms with Gasteiger partial charge in [-0.3, -0.25) is 0 Å². The lowest BCUT2D eigenvalue weighted by Gasteiger charge is -2.15.